The van der Waals surface area contributed by atoms with Crippen LogP contribution in [0.25, 0.3) is 0 Å². The van der Waals surface area contributed by atoms with Crippen LogP contribution in [0.15, 0.2) is 54.7 Å². The zero-order valence-corrected chi connectivity index (χ0v) is 24.5. The summed E-state index contributed by atoms with van der Waals surface area (Å²) in [5.41, 5.74) is 4.55. The number of carbonyl (C=O) groups excluding carboxylic acids is 1. The maximum atomic E-state index is 13.5. The molecule has 1 aliphatic carbocycles. The zero-order chi connectivity index (χ0) is 28.0. The molecule has 1 saturated heterocycles. The molecule has 1 fully saturated rings. The van der Waals surface area contributed by atoms with E-state index in [4.69, 9.17) is 14.5 Å². The predicted octanol–water partition coefficient (Wildman–Crippen LogP) is 5.45. The summed E-state index contributed by atoms with van der Waals surface area (Å²) < 4.78 is 11.4. The average molecular weight is 547 g/mol. The molecule has 3 aliphatic rings. The lowest BCUT2D eigenvalue weighted by atomic mass is 9.89. The molecule has 1 aromatic heterocycles. The van der Waals surface area contributed by atoms with Gasteiger partial charge in [-0.1, -0.05) is 42.5 Å². The third-order valence-electron chi connectivity index (χ3n) is 8.29. The van der Waals surface area contributed by atoms with Crippen molar-refractivity contribution in [3.63, 3.8) is 0 Å². The van der Waals surface area contributed by atoms with Crippen molar-refractivity contribution in [1.29, 1.82) is 0 Å². The van der Waals surface area contributed by atoms with E-state index in [1.165, 1.54) is 22.4 Å². The van der Waals surface area contributed by atoms with Gasteiger partial charge < -0.3 is 14.8 Å². The summed E-state index contributed by atoms with van der Waals surface area (Å²) in [6.45, 7) is 10.5. The highest BCUT2D eigenvalue weighted by molar-refractivity contribution is 5.69. The van der Waals surface area contributed by atoms with Crippen molar-refractivity contribution in [3.05, 3.63) is 77.1 Å². The summed E-state index contributed by atoms with van der Waals surface area (Å²) in [5, 5.41) is 3.66. The number of fused-ring (bicyclic) bond motifs is 2. The van der Waals surface area contributed by atoms with Crippen LogP contribution in [0.4, 0.5) is 4.79 Å². The van der Waals surface area contributed by atoms with Crippen LogP contribution in [-0.4, -0.2) is 71.4 Å². The number of benzene rings is 1. The van der Waals surface area contributed by atoms with Gasteiger partial charge in [-0.2, -0.15) is 0 Å². The molecule has 3 heterocycles. The fourth-order valence-electron chi connectivity index (χ4n) is 6.25. The molecular weight excluding hydrogens is 500 g/mol. The number of hydrogen-bond donors (Lipinski definition) is 1. The molecule has 2 atom stereocenters. The number of amides is 1. The number of pyridine rings is 1. The maximum Gasteiger partial charge on any atom is 0.410 e. The van der Waals surface area contributed by atoms with Gasteiger partial charge in [0, 0.05) is 51.6 Å². The summed E-state index contributed by atoms with van der Waals surface area (Å²) in [6, 6.07) is 13.6. The molecule has 7 nitrogen and oxygen atoms in total. The van der Waals surface area contributed by atoms with Crippen LogP contribution in [0, 0.1) is 0 Å². The van der Waals surface area contributed by atoms with Gasteiger partial charge in [0.2, 0.25) is 0 Å². The summed E-state index contributed by atoms with van der Waals surface area (Å²) in [4.78, 5) is 22.8. The fourth-order valence-corrected chi connectivity index (χ4v) is 6.25. The summed E-state index contributed by atoms with van der Waals surface area (Å²) in [5.74, 6) is 0. The quantitative estimate of drug-likeness (QED) is 0.445. The monoisotopic (exact) mass is 546 g/mol. The Balaban J connectivity index is 1.36. The molecular formula is C33H46N4O3. The van der Waals surface area contributed by atoms with E-state index in [0.717, 1.165) is 71.4 Å². The molecule has 216 valence electrons. The highest BCUT2D eigenvalue weighted by Gasteiger charge is 2.36. The van der Waals surface area contributed by atoms with E-state index in [-0.39, 0.29) is 18.2 Å². The van der Waals surface area contributed by atoms with E-state index < -0.39 is 5.60 Å². The Kier molecular flexibility index (Phi) is 9.56. The van der Waals surface area contributed by atoms with Gasteiger partial charge in [0.15, 0.2) is 0 Å². The molecule has 5 rings (SSSR count). The van der Waals surface area contributed by atoms with Gasteiger partial charge in [-0.05, 0) is 82.1 Å². The highest BCUT2D eigenvalue weighted by atomic mass is 16.6. The van der Waals surface area contributed by atoms with Gasteiger partial charge in [0.25, 0.3) is 0 Å². The van der Waals surface area contributed by atoms with Crippen LogP contribution < -0.4 is 5.32 Å². The Morgan fingerprint density at radius 3 is 2.67 bits per heavy atom. The first-order chi connectivity index (χ1) is 19.4. The van der Waals surface area contributed by atoms with Crippen LogP contribution in [-0.2, 0) is 28.9 Å². The number of aromatic nitrogens is 1. The standard InChI is InChI=1S/C33H46N4O3/c1-33(2,3)40-32(38)37-23-27-11-5-4-10-26(27)22-29(37)24-36(19-7-6-17-34-28-15-20-39-21-16-28)30-14-8-12-25-13-9-18-35-31(25)30/h4-7,9-11,13,18,28-30,34H,8,12,14-17,19-24H2,1-3H3/b7-6+/t29-,30+/m1/s1. The lowest BCUT2D eigenvalue weighted by molar-refractivity contribution is 0.00548. The first-order valence-electron chi connectivity index (χ1n) is 15.1. The summed E-state index contributed by atoms with van der Waals surface area (Å²) in [6.07, 6.45) is 12.5. The van der Waals surface area contributed by atoms with Gasteiger partial charge >= 0.3 is 6.09 Å². The second kappa shape index (κ2) is 13.3. The van der Waals surface area contributed by atoms with Crippen LogP contribution in [0.1, 0.15) is 74.9 Å². The second-order valence-corrected chi connectivity index (χ2v) is 12.4. The van der Waals surface area contributed by atoms with Crippen LogP contribution in [0.5, 0.6) is 0 Å². The normalized spacial score (nSPS) is 21.9. The van der Waals surface area contributed by atoms with Crippen LogP contribution in [0.3, 0.4) is 0 Å². The van der Waals surface area contributed by atoms with Crippen molar-refractivity contribution >= 4 is 6.09 Å². The van der Waals surface area contributed by atoms with Gasteiger partial charge in [-0.3, -0.25) is 14.8 Å². The van der Waals surface area contributed by atoms with Crippen molar-refractivity contribution in [3.8, 4) is 0 Å². The van der Waals surface area contributed by atoms with Gasteiger partial charge in [-0.25, -0.2) is 4.79 Å². The Hall–Kier alpha value is -2.74. The Morgan fingerprint density at radius 1 is 1.10 bits per heavy atom. The first-order valence-corrected chi connectivity index (χ1v) is 15.1. The van der Waals surface area contributed by atoms with Crippen molar-refractivity contribution in [1.82, 2.24) is 20.1 Å². The average Bonchev–Trinajstić information content (AvgIpc) is 2.95. The summed E-state index contributed by atoms with van der Waals surface area (Å²) >= 11 is 0. The third-order valence-corrected chi connectivity index (χ3v) is 8.29. The molecule has 1 amide bonds. The Morgan fingerprint density at radius 2 is 1.88 bits per heavy atom. The van der Waals surface area contributed by atoms with Crippen molar-refractivity contribution in [2.45, 2.75) is 89.6 Å². The number of hydrogen-bond acceptors (Lipinski definition) is 6. The molecule has 0 radical (unpaired) electrons. The van der Waals surface area contributed by atoms with E-state index >= 15 is 0 Å². The molecule has 2 aromatic rings. The molecule has 1 N–H and O–H groups in total. The Labute approximate surface area is 239 Å². The van der Waals surface area contributed by atoms with Crippen LogP contribution >= 0.6 is 0 Å². The molecule has 0 unspecified atom stereocenters. The van der Waals surface area contributed by atoms with Gasteiger partial charge in [0.1, 0.15) is 5.60 Å². The summed E-state index contributed by atoms with van der Waals surface area (Å²) in [7, 11) is 0. The van der Waals surface area contributed by atoms with Crippen molar-refractivity contribution in [2.24, 2.45) is 0 Å². The van der Waals surface area contributed by atoms with Crippen LogP contribution in [0.2, 0.25) is 0 Å². The number of ether oxygens (including phenoxy) is 2. The van der Waals surface area contributed by atoms with E-state index in [1.54, 1.807) is 0 Å². The molecule has 40 heavy (non-hydrogen) atoms. The number of rotatable bonds is 8. The molecule has 0 saturated carbocycles. The first kappa shape index (κ1) is 28.8. The van der Waals surface area contributed by atoms with E-state index in [1.807, 2.05) is 31.9 Å². The molecule has 0 bridgehead atoms. The lowest BCUT2D eigenvalue weighted by Crippen LogP contribution is -2.52. The topological polar surface area (TPSA) is 66.9 Å². The Bertz CT molecular complexity index is 1150. The molecule has 0 spiro atoms. The van der Waals surface area contributed by atoms with Crippen molar-refractivity contribution in [2.75, 3.05) is 32.8 Å². The minimum Gasteiger partial charge on any atom is -0.444 e. The number of nitrogens with zero attached hydrogens (tertiary/aromatic N) is 3. The smallest absolute Gasteiger partial charge is 0.410 e. The van der Waals surface area contributed by atoms with Gasteiger partial charge in [0.05, 0.1) is 17.8 Å². The SMILES string of the molecule is CC(C)(C)OC(=O)N1Cc2ccccc2C[C@@H]1CN(C/C=C/CNC1CCOCC1)[C@H]1CCCc2cccnc21. The minimum absolute atomic E-state index is 0.0209. The fraction of sp³-hybridized carbons (Fsp3) is 0.576. The highest BCUT2D eigenvalue weighted by Crippen LogP contribution is 2.34. The van der Waals surface area contributed by atoms with E-state index in [2.05, 4.69) is 58.8 Å². The van der Waals surface area contributed by atoms with Crippen molar-refractivity contribution < 1.29 is 14.3 Å². The van der Waals surface area contributed by atoms with E-state index in [9.17, 15) is 4.79 Å². The molecule has 2 aliphatic heterocycles. The van der Waals surface area contributed by atoms with Gasteiger partial charge in [-0.15, -0.1) is 0 Å². The molecule has 7 heteroatoms. The largest absolute Gasteiger partial charge is 0.444 e. The minimum atomic E-state index is -0.537. The number of nitrogens with one attached hydrogen (secondary N) is 1. The predicted molar refractivity (Wildman–Crippen MR) is 158 cm³/mol. The zero-order valence-electron chi connectivity index (χ0n) is 24.5. The molecule has 1 aromatic carbocycles. The lowest BCUT2D eigenvalue weighted by Gasteiger charge is -2.42. The van der Waals surface area contributed by atoms with E-state index in [0.29, 0.717) is 12.6 Å². The number of carbonyl (C=O) groups is 1. The second-order valence-electron chi connectivity index (χ2n) is 12.4. The third kappa shape index (κ3) is 7.50. The number of aryl methyl sites for hydroxylation is 1. The maximum absolute atomic E-state index is 13.5.